The van der Waals surface area contributed by atoms with E-state index in [-0.39, 0.29) is 28.0 Å². The standard InChI is InChI=1S/C36H43FO6S/c1-4-6-8-10-12-24-40-29-18-16-28(17-19-29)36(44)43-30-20-14-27(15-21-30)34(38)42-31-22-23-32(33(37)25-31)35(39)41-26(3)13-11-9-7-5-2/h14-23,25-26H,4-13,24H2,1-3H3/t26-/m1/s1. The summed E-state index contributed by atoms with van der Waals surface area (Å²) in [6.45, 7) is 6.81. The van der Waals surface area contributed by atoms with E-state index in [4.69, 9.17) is 31.2 Å². The highest BCUT2D eigenvalue weighted by atomic mass is 32.1. The second-order valence-corrected chi connectivity index (χ2v) is 11.2. The molecule has 8 heteroatoms. The Morgan fingerprint density at radius 2 is 1.30 bits per heavy atom. The van der Waals surface area contributed by atoms with Gasteiger partial charge in [0.2, 0.25) is 0 Å². The van der Waals surface area contributed by atoms with Crippen molar-refractivity contribution in [3.05, 3.63) is 89.2 Å². The summed E-state index contributed by atoms with van der Waals surface area (Å²) in [6, 6.07) is 17.3. The van der Waals surface area contributed by atoms with Crippen molar-refractivity contribution >= 4 is 29.2 Å². The molecule has 44 heavy (non-hydrogen) atoms. The van der Waals surface area contributed by atoms with Gasteiger partial charge in [-0.05, 0) is 99.1 Å². The van der Waals surface area contributed by atoms with Gasteiger partial charge < -0.3 is 18.9 Å². The average Bonchev–Trinajstić information content (AvgIpc) is 3.01. The molecule has 0 aliphatic heterocycles. The van der Waals surface area contributed by atoms with Crippen LogP contribution in [0.1, 0.15) is 111 Å². The van der Waals surface area contributed by atoms with Crippen molar-refractivity contribution in [3.63, 3.8) is 0 Å². The highest BCUT2D eigenvalue weighted by Gasteiger charge is 2.18. The maximum Gasteiger partial charge on any atom is 0.343 e. The number of halogens is 1. The van der Waals surface area contributed by atoms with E-state index >= 15 is 0 Å². The molecule has 0 bridgehead atoms. The molecule has 0 amide bonds. The van der Waals surface area contributed by atoms with E-state index in [2.05, 4.69) is 13.8 Å². The van der Waals surface area contributed by atoms with Gasteiger partial charge >= 0.3 is 11.9 Å². The predicted octanol–water partition coefficient (Wildman–Crippen LogP) is 9.66. The predicted molar refractivity (Wildman–Crippen MR) is 174 cm³/mol. The van der Waals surface area contributed by atoms with Crippen LogP contribution in [0.15, 0.2) is 66.7 Å². The Morgan fingerprint density at radius 3 is 1.95 bits per heavy atom. The summed E-state index contributed by atoms with van der Waals surface area (Å²) in [6.07, 6.45) is 10.6. The molecule has 6 nitrogen and oxygen atoms in total. The molecule has 0 unspecified atom stereocenters. The van der Waals surface area contributed by atoms with Crippen LogP contribution in [0.4, 0.5) is 4.39 Å². The summed E-state index contributed by atoms with van der Waals surface area (Å²) in [5.74, 6) is -1.04. The first-order chi connectivity index (χ1) is 21.3. The average molecular weight is 623 g/mol. The first-order valence-corrected chi connectivity index (χ1v) is 16.0. The molecule has 0 heterocycles. The van der Waals surface area contributed by atoms with E-state index in [1.165, 1.54) is 49.9 Å². The van der Waals surface area contributed by atoms with Crippen LogP contribution in [-0.4, -0.2) is 29.7 Å². The van der Waals surface area contributed by atoms with Crippen molar-refractivity contribution in [3.8, 4) is 17.2 Å². The highest BCUT2D eigenvalue weighted by Crippen LogP contribution is 2.22. The van der Waals surface area contributed by atoms with Gasteiger partial charge in [-0.3, -0.25) is 0 Å². The smallest absolute Gasteiger partial charge is 0.343 e. The molecule has 0 saturated heterocycles. The molecule has 3 aromatic rings. The number of carbonyl (C=O) groups is 2. The van der Waals surface area contributed by atoms with E-state index in [9.17, 15) is 14.0 Å². The molecule has 0 radical (unpaired) electrons. The Hall–Kier alpha value is -3.78. The molecule has 0 aliphatic rings. The first-order valence-electron chi connectivity index (χ1n) is 15.6. The van der Waals surface area contributed by atoms with E-state index < -0.39 is 17.8 Å². The molecule has 3 rings (SSSR count). The molecule has 3 aromatic carbocycles. The van der Waals surface area contributed by atoms with Crippen LogP contribution in [0.25, 0.3) is 0 Å². The molecule has 0 aromatic heterocycles. The Bertz CT molecular complexity index is 1340. The summed E-state index contributed by atoms with van der Waals surface area (Å²) in [5, 5.41) is 0.284. The van der Waals surface area contributed by atoms with E-state index in [1.807, 2.05) is 24.3 Å². The maximum absolute atomic E-state index is 14.7. The highest BCUT2D eigenvalue weighted by molar-refractivity contribution is 7.80. The number of hydrogen-bond donors (Lipinski definition) is 0. The van der Waals surface area contributed by atoms with Crippen LogP contribution < -0.4 is 14.2 Å². The maximum atomic E-state index is 14.7. The van der Waals surface area contributed by atoms with E-state index in [0.717, 1.165) is 55.9 Å². The molecule has 0 spiro atoms. The molecule has 1 atom stereocenters. The van der Waals surface area contributed by atoms with Crippen molar-refractivity contribution in [1.82, 2.24) is 0 Å². The van der Waals surface area contributed by atoms with Gasteiger partial charge in [-0.25, -0.2) is 14.0 Å². The van der Waals surface area contributed by atoms with Gasteiger partial charge in [-0.15, -0.1) is 0 Å². The lowest BCUT2D eigenvalue weighted by Crippen LogP contribution is -2.16. The van der Waals surface area contributed by atoms with Gasteiger partial charge in [-0.1, -0.05) is 58.8 Å². The lowest BCUT2D eigenvalue weighted by Gasteiger charge is -2.14. The summed E-state index contributed by atoms with van der Waals surface area (Å²) >= 11 is 5.43. The van der Waals surface area contributed by atoms with Crippen LogP contribution in [-0.2, 0) is 4.74 Å². The van der Waals surface area contributed by atoms with Crippen LogP contribution >= 0.6 is 12.2 Å². The summed E-state index contributed by atoms with van der Waals surface area (Å²) in [5.41, 5.74) is 0.762. The fourth-order valence-corrected chi connectivity index (χ4v) is 4.69. The zero-order valence-electron chi connectivity index (χ0n) is 25.9. The number of hydrogen-bond acceptors (Lipinski definition) is 7. The molecular weight excluding hydrogens is 579 g/mol. The zero-order valence-corrected chi connectivity index (χ0v) is 26.8. The summed E-state index contributed by atoms with van der Waals surface area (Å²) in [7, 11) is 0. The number of rotatable bonds is 18. The van der Waals surface area contributed by atoms with Gasteiger partial charge in [0.1, 0.15) is 23.1 Å². The first kappa shape index (κ1) is 34.7. The van der Waals surface area contributed by atoms with Crippen molar-refractivity contribution in [2.75, 3.05) is 6.61 Å². The van der Waals surface area contributed by atoms with Crippen molar-refractivity contribution < 1.29 is 32.9 Å². The number of carbonyl (C=O) groups excluding carboxylic acids is 2. The zero-order chi connectivity index (χ0) is 31.7. The summed E-state index contributed by atoms with van der Waals surface area (Å²) < 4.78 is 37.0. The van der Waals surface area contributed by atoms with Crippen molar-refractivity contribution in [1.29, 1.82) is 0 Å². The Kier molecular flexibility index (Phi) is 14.8. The summed E-state index contributed by atoms with van der Waals surface area (Å²) in [4.78, 5) is 25.1. The van der Waals surface area contributed by atoms with Crippen LogP contribution in [0, 0.1) is 5.82 Å². The van der Waals surface area contributed by atoms with Crippen LogP contribution in [0.2, 0.25) is 0 Å². The molecular formula is C36H43FO6S. The normalized spacial score (nSPS) is 11.5. The molecule has 0 saturated carbocycles. The van der Waals surface area contributed by atoms with Gasteiger partial charge in [0.05, 0.1) is 23.8 Å². The number of esters is 2. The largest absolute Gasteiger partial charge is 0.494 e. The molecule has 0 N–H and O–H groups in total. The minimum atomic E-state index is -0.822. The topological polar surface area (TPSA) is 71.1 Å². The second-order valence-electron chi connectivity index (χ2n) is 10.8. The third-order valence-electron chi connectivity index (χ3n) is 7.05. The number of ether oxygens (including phenoxy) is 4. The van der Waals surface area contributed by atoms with Gasteiger partial charge in [0.25, 0.3) is 0 Å². The fraction of sp³-hybridized carbons (Fsp3) is 0.417. The lowest BCUT2D eigenvalue weighted by molar-refractivity contribution is 0.0314. The minimum Gasteiger partial charge on any atom is -0.494 e. The third-order valence-corrected chi connectivity index (χ3v) is 7.37. The molecule has 0 fully saturated rings. The van der Waals surface area contributed by atoms with Crippen molar-refractivity contribution in [2.45, 2.75) is 91.1 Å². The van der Waals surface area contributed by atoms with Crippen LogP contribution in [0.5, 0.6) is 17.2 Å². The van der Waals surface area contributed by atoms with Gasteiger partial charge in [0, 0.05) is 11.6 Å². The van der Waals surface area contributed by atoms with E-state index in [1.54, 1.807) is 19.1 Å². The third kappa shape index (κ3) is 11.7. The minimum absolute atomic E-state index is 0.0258. The Labute approximate surface area is 265 Å². The quantitative estimate of drug-likeness (QED) is 0.0605. The van der Waals surface area contributed by atoms with Crippen LogP contribution in [0.3, 0.4) is 0 Å². The van der Waals surface area contributed by atoms with Gasteiger partial charge in [0.15, 0.2) is 5.05 Å². The fourth-order valence-electron chi connectivity index (χ4n) is 4.46. The Balaban J connectivity index is 1.47. The molecule has 0 aliphatic carbocycles. The molecule has 236 valence electrons. The lowest BCUT2D eigenvalue weighted by atomic mass is 10.1. The second kappa shape index (κ2) is 18.8. The Morgan fingerprint density at radius 1 is 0.705 bits per heavy atom. The van der Waals surface area contributed by atoms with E-state index in [0.29, 0.717) is 12.4 Å². The van der Waals surface area contributed by atoms with Gasteiger partial charge in [-0.2, -0.15) is 0 Å². The monoisotopic (exact) mass is 622 g/mol. The number of thiocarbonyl (C=S) groups is 1. The van der Waals surface area contributed by atoms with Crippen molar-refractivity contribution in [2.24, 2.45) is 0 Å². The number of benzene rings is 3. The SMILES string of the molecule is CCCCCCCOc1ccc(C(=S)Oc2ccc(C(=O)Oc3ccc(C(=O)O[C@H](C)CCCCCC)c(F)c3)cc2)cc1. The number of unbranched alkanes of at least 4 members (excludes halogenated alkanes) is 7.